The molecule has 2 heterocycles. The van der Waals surface area contributed by atoms with Gasteiger partial charge in [-0.1, -0.05) is 53.2 Å². The van der Waals surface area contributed by atoms with Gasteiger partial charge in [-0.25, -0.2) is 0 Å². The second-order valence-corrected chi connectivity index (χ2v) is 8.05. The van der Waals surface area contributed by atoms with Crippen molar-refractivity contribution in [1.82, 2.24) is 14.8 Å². The number of benzene rings is 2. The van der Waals surface area contributed by atoms with Crippen molar-refractivity contribution in [2.75, 3.05) is 0 Å². The fourth-order valence-electron chi connectivity index (χ4n) is 3.66. The molecule has 0 saturated heterocycles. The maximum atomic E-state index is 13.5. The number of aromatic nitrogens is 3. The first-order chi connectivity index (χ1) is 14.9. The maximum Gasteiger partial charge on any atom is 0.265 e. The van der Waals surface area contributed by atoms with Gasteiger partial charge in [-0.2, -0.15) is 0 Å². The van der Waals surface area contributed by atoms with Crippen LogP contribution in [0.15, 0.2) is 63.5 Å². The molecule has 0 radical (unpaired) electrons. The fourth-order valence-corrected chi connectivity index (χ4v) is 4.06. The first-order valence-corrected chi connectivity index (χ1v) is 10.7. The lowest BCUT2D eigenvalue weighted by molar-refractivity contribution is 0.0959. The van der Waals surface area contributed by atoms with Crippen LogP contribution in [-0.2, 0) is 6.42 Å². The number of hydrogen-bond donors (Lipinski definition) is 0. The first kappa shape index (κ1) is 20.9. The van der Waals surface area contributed by atoms with Gasteiger partial charge in [-0.05, 0) is 43.7 Å². The van der Waals surface area contributed by atoms with Gasteiger partial charge in [0.05, 0.1) is 0 Å². The van der Waals surface area contributed by atoms with E-state index in [1.807, 2.05) is 19.1 Å². The van der Waals surface area contributed by atoms with Crippen LogP contribution in [0.3, 0.4) is 0 Å². The van der Waals surface area contributed by atoms with Gasteiger partial charge in [0, 0.05) is 33.3 Å². The van der Waals surface area contributed by atoms with E-state index in [0.29, 0.717) is 46.0 Å². The number of aryl methyl sites for hydroxylation is 1. The number of carbonyl (C=O) groups is 2. The molecule has 0 unspecified atom stereocenters. The Kier molecular flexibility index (Phi) is 5.69. The van der Waals surface area contributed by atoms with Crippen LogP contribution in [0.5, 0.6) is 0 Å². The average Bonchev–Trinajstić information content (AvgIpc) is 3.35. The van der Waals surface area contributed by atoms with Gasteiger partial charge < -0.3 is 4.42 Å². The second kappa shape index (κ2) is 8.43. The molecule has 31 heavy (non-hydrogen) atoms. The standard InChI is InChI=1S/C24H20BrN3O3/c1-4-19-26-27-23(31-19)21-14(2)20(22(29)17-11-8-12-18(25)13-17)15(3)28(21)24(30)16-9-6-5-7-10-16/h5-13H,4H2,1-3H3. The molecule has 0 N–H and O–H groups in total. The summed E-state index contributed by atoms with van der Waals surface area (Å²) in [5, 5.41) is 8.19. The Morgan fingerprint density at radius 2 is 1.71 bits per heavy atom. The van der Waals surface area contributed by atoms with Crippen molar-refractivity contribution in [3.8, 4) is 11.6 Å². The van der Waals surface area contributed by atoms with Gasteiger partial charge in [0.25, 0.3) is 11.8 Å². The Morgan fingerprint density at radius 1 is 1.00 bits per heavy atom. The molecule has 6 nitrogen and oxygen atoms in total. The van der Waals surface area contributed by atoms with E-state index < -0.39 is 0 Å². The highest BCUT2D eigenvalue weighted by Crippen LogP contribution is 2.33. The van der Waals surface area contributed by atoms with Crippen LogP contribution < -0.4 is 0 Å². The summed E-state index contributed by atoms with van der Waals surface area (Å²) in [6, 6.07) is 16.1. The number of carbonyl (C=O) groups excluding carboxylic acids is 2. The van der Waals surface area contributed by atoms with E-state index in [1.165, 1.54) is 4.57 Å². The topological polar surface area (TPSA) is 78.0 Å². The molecule has 2 aromatic carbocycles. The Balaban J connectivity index is 1.95. The van der Waals surface area contributed by atoms with Crippen LogP contribution in [0.25, 0.3) is 11.6 Å². The summed E-state index contributed by atoms with van der Waals surface area (Å²) in [5.41, 5.74) is 3.07. The molecule has 0 bridgehead atoms. The third-order valence-electron chi connectivity index (χ3n) is 5.16. The summed E-state index contributed by atoms with van der Waals surface area (Å²) >= 11 is 3.42. The van der Waals surface area contributed by atoms with Crippen LogP contribution in [0.1, 0.15) is 50.4 Å². The molecule has 0 fully saturated rings. The van der Waals surface area contributed by atoms with E-state index in [1.54, 1.807) is 56.3 Å². The summed E-state index contributed by atoms with van der Waals surface area (Å²) in [7, 11) is 0. The molecular weight excluding hydrogens is 458 g/mol. The average molecular weight is 478 g/mol. The van der Waals surface area contributed by atoms with Crippen LogP contribution in [-0.4, -0.2) is 26.5 Å². The third kappa shape index (κ3) is 3.77. The van der Waals surface area contributed by atoms with Crippen molar-refractivity contribution < 1.29 is 14.0 Å². The predicted molar refractivity (Wildman–Crippen MR) is 120 cm³/mol. The zero-order valence-electron chi connectivity index (χ0n) is 17.3. The van der Waals surface area contributed by atoms with E-state index in [2.05, 4.69) is 26.1 Å². The predicted octanol–water partition coefficient (Wildman–Crippen LogP) is 5.40. The van der Waals surface area contributed by atoms with Gasteiger partial charge in [-0.3, -0.25) is 14.2 Å². The van der Waals surface area contributed by atoms with Gasteiger partial charge in [-0.15, -0.1) is 10.2 Å². The molecule has 0 atom stereocenters. The first-order valence-electron chi connectivity index (χ1n) is 9.87. The second-order valence-electron chi connectivity index (χ2n) is 7.13. The van der Waals surface area contributed by atoms with Crippen LogP contribution in [0.4, 0.5) is 0 Å². The maximum absolute atomic E-state index is 13.5. The monoisotopic (exact) mass is 477 g/mol. The Morgan fingerprint density at radius 3 is 2.35 bits per heavy atom. The highest BCUT2D eigenvalue weighted by atomic mass is 79.9. The Bertz CT molecular complexity index is 1290. The highest BCUT2D eigenvalue weighted by Gasteiger charge is 2.30. The van der Waals surface area contributed by atoms with E-state index in [-0.39, 0.29) is 17.6 Å². The lowest BCUT2D eigenvalue weighted by Crippen LogP contribution is -2.16. The molecule has 156 valence electrons. The van der Waals surface area contributed by atoms with Crippen LogP contribution in [0, 0.1) is 13.8 Å². The minimum atomic E-state index is -0.263. The van der Waals surface area contributed by atoms with Crippen LogP contribution >= 0.6 is 15.9 Å². The molecule has 0 aliphatic carbocycles. The normalized spacial score (nSPS) is 11.0. The molecule has 0 aliphatic heterocycles. The van der Waals surface area contributed by atoms with Gasteiger partial charge in [0.1, 0.15) is 5.69 Å². The number of hydrogen-bond acceptors (Lipinski definition) is 5. The van der Waals surface area contributed by atoms with Crippen molar-refractivity contribution in [3.05, 3.63) is 92.9 Å². The third-order valence-corrected chi connectivity index (χ3v) is 5.65. The van der Waals surface area contributed by atoms with Crippen molar-refractivity contribution in [1.29, 1.82) is 0 Å². The van der Waals surface area contributed by atoms with E-state index in [0.717, 1.165) is 4.47 Å². The van der Waals surface area contributed by atoms with Crippen molar-refractivity contribution in [2.45, 2.75) is 27.2 Å². The summed E-state index contributed by atoms with van der Waals surface area (Å²) in [5.74, 6) is 0.245. The molecule has 4 rings (SSSR count). The van der Waals surface area contributed by atoms with E-state index in [9.17, 15) is 9.59 Å². The van der Waals surface area contributed by atoms with Gasteiger partial charge >= 0.3 is 0 Å². The Labute approximate surface area is 188 Å². The summed E-state index contributed by atoms with van der Waals surface area (Å²) < 4.78 is 8.09. The van der Waals surface area contributed by atoms with Gasteiger partial charge in [0.2, 0.25) is 5.89 Å². The summed E-state index contributed by atoms with van der Waals surface area (Å²) in [6.07, 6.45) is 0.572. The highest BCUT2D eigenvalue weighted by molar-refractivity contribution is 9.10. The molecule has 4 aromatic rings. The quantitative estimate of drug-likeness (QED) is 0.359. The van der Waals surface area contributed by atoms with Crippen molar-refractivity contribution in [3.63, 3.8) is 0 Å². The number of ketones is 1. The molecule has 2 aromatic heterocycles. The van der Waals surface area contributed by atoms with Crippen LogP contribution in [0.2, 0.25) is 0 Å². The molecular formula is C24H20BrN3O3. The zero-order chi connectivity index (χ0) is 22.1. The van der Waals surface area contributed by atoms with E-state index in [4.69, 9.17) is 4.42 Å². The summed E-state index contributed by atoms with van der Waals surface area (Å²) in [4.78, 5) is 26.9. The minimum absolute atomic E-state index is 0.174. The molecule has 0 amide bonds. The lowest BCUT2D eigenvalue weighted by Gasteiger charge is -2.09. The summed E-state index contributed by atoms with van der Waals surface area (Å²) in [6.45, 7) is 5.48. The SMILES string of the molecule is CCc1nnc(-c2c(C)c(C(=O)c3cccc(Br)c3)c(C)n2C(=O)c2ccccc2)o1. The Hall–Kier alpha value is -3.32. The zero-order valence-corrected chi connectivity index (χ0v) is 18.9. The molecule has 0 saturated carbocycles. The number of rotatable bonds is 5. The smallest absolute Gasteiger partial charge is 0.265 e. The number of halogens is 1. The van der Waals surface area contributed by atoms with E-state index >= 15 is 0 Å². The minimum Gasteiger partial charge on any atom is -0.419 e. The number of nitrogens with zero attached hydrogens (tertiary/aromatic N) is 3. The molecule has 0 spiro atoms. The van der Waals surface area contributed by atoms with Crippen molar-refractivity contribution in [2.24, 2.45) is 0 Å². The largest absolute Gasteiger partial charge is 0.419 e. The van der Waals surface area contributed by atoms with Crippen molar-refractivity contribution >= 4 is 27.6 Å². The molecule has 0 aliphatic rings. The van der Waals surface area contributed by atoms with Gasteiger partial charge in [0.15, 0.2) is 5.78 Å². The fraction of sp³-hybridized carbons (Fsp3) is 0.167. The lowest BCUT2D eigenvalue weighted by atomic mass is 10.00. The molecule has 7 heteroatoms.